The summed E-state index contributed by atoms with van der Waals surface area (Å²) in [6, 6.07) is 20.0. The van der Waals surface area contributed by atoms with Crippen molar-refractivity contribution in [2.45, 2.75) is 26.6 Å². The van der Waals surface area contributed by atoms with Crippen molar-refractivity contribution in [3.05, 3.63) is 92.4 Å². The third kappa shape index (κ3) is 5.28. The molecule has 0 unspecified atom stereocenters. The predicted octanol–water partition coefficient (Wildman–Crippen LogP) is 6.29. The lowest BCUT2D eigenvalue weighted by molar-refractivity contribution is 0.283. The van der Waals surface area contributed by atoms with Crippen LogP contribution in [0.2, 0.25) is 5.02 Å². The molecule has 3 aromatic carbocycles. The molecule has 0 aromatic heterocycles. The molecule has 0 aliphatic rings. The first kappa shape index (κ1) is 20.7. The number of benzene rings is 3. The summed E-state index contributed by atoms with van der Waals surface area (Å²) >= 11 is 9.87. The van der Waals surface area contributed by atoms with Crippen molar-refractivity contribution in [3.63, 3.8) is 0 Å². The summed E-state index contributed by atoms with van der Waals surface area (Å²) in [5.74, 6) is 1.43. The highest BCUT2D eigenvalue weighted by molar-refractivity contribution is 9.10. The topological polar surface area (TPSA) is 30.5 Å². The Hall–Kier alpha value is -2.01. The molecule has 0 radical (unpaired) electrons. The SMILES string of the molecule is COc1cc(CNCc2ccccc2Cl)c(Br)cc1OCc1ccccc1C. The fourth-order valence-corrected chi connectivity index (χ4v) is 3.55. The number of hydrogen-bond acceptors (Lipinski definition) is 3. The molecule has 0 aliphatic carbocycles. The molecule has 3 rings (SSSR count). The van der Waals surface area contributed by atoms with Gasteiger partial charge in [0.15, 0.2) is 11.5 Å². The summed E-state index contributed by atoms with van der Waals surface area (Å²) in [6.45, 7) is 3.96. The van der Waals surface area contributed by atoms with Gasteiger partial charge >= 0.3 is 0 Å². The van der Waals surface area contributed by atoms with Crippen molar-refractivity contribution >= 4 is 27.5 Å². The molecule has 0 atom stereocenters. The van der Waals surface area contributed by atoms with Gasteiger partial charge in [0.2, 0.25) is 0 Å². The summed E-state index contributed by atoms with van der Waals surface area (Å²) in [4.78, 5) is 0. The van der Waals surface area contributed by atoms with Crippen LogP contribution in [0.15, 0.2) is 65.1 Å². The van der Waals surface area contributed by atoms with Crippen molar-refractivity contribution in [1.29, 1.82) is 0 Å². The molecule has 5 heteroatoms. The molecule has 0 fully saturated rings. The van der Waals surface area contributed by atoms with E-state index in [0.717, 1.165) is 26.2 Å². The Kier molecular flexibility index (Phi) is 7.37. The van der Waals surface area contributed by atoms with E-state index in [1.807, 2.05) is 48.5 Å². The van der Waals surface area contributed by atoms with Crippen LogP contribution in [0, 0.1) is 6.92 Å². The first-order chi connectivity index (χ1) is 13.6. The second-order valence-electron chi connectivity index (χ2n) is 6.50. The Morgan fingerprint density at radius 2 is 1.57 bits per heavy atom. The smallest absolute Gasteiger partial charge is 0.162 e. The van der Waals surface area contributed by atoms with Gasteiger partial charge in [0.05, 0.1) is 7.11 Å². The maximum Gasteiger partial charge on any atom is 0.162 e. The number of aryl methyl sites for hydroxylation is 1. The number of ether oxygens (including phenoxy) is 2. The van der Waals surface area contributed by atoms with Gasteiger partial charge in [-0.2, -0.15) is 0 Å². The van der Waals surface area contributed by atoms with E-state index in [9.17, 15) is 0 Å². The molecule has 0 bridgehead atoms. The third-order valence-corrected chi connectivity index (χ3v) is 5.67. The molecule has 0 heterocycles. The maximum atomic E-state index is 6.22. The van der Waals surface area contributed by atoms with E-state index in [2.05, 4.69) is 40.3 Å². The highest BCUT2D eigenvalue weighted by Gasteiger charge is 2.11. The minimum atomic E-state index is 0.500. The van der Waals surface area contributed by atoms with E-state index < -0.39 is 0 Å². The fourth-order valence-electron chi connectivity index (χ4n) is 2.89. The number of nitrogens with one attached hydrogen (secondary N) is 1. The highest BCUT2D eigenvalue weighted by atomic mass is 79.9. The lowest BCUT2D eigenvalue weighted by Crippen LogP contribution is -2.13. The first-order valence-electron chi connectivity index (χ1n) is 9.06. The van der Waals surface area contributed by atoms with Gasteiger partial charge < -0.3 is 14.8 Å². The van der Waals surface area contributed by atoms with Gasteiger partial charge in [-0.15, -0.1) is 0 Å². The average Bonchev–Trinajstić information content (AvgIpc) is 2.70. The lowest BCUT2D eigenvalue weighted by atomic mass is 10.1. The third-order valence-electron chi connectivity index (χ3n) is 4.57. The van der Waals surface area contributed by atoms with Crippen LogP contribution in [0.3, 0.4) is 0 Å². The van der Waals surface area contributed by atoms with Crippen LogP contribution in [0.4, 0.5) is 0 Å². The Balaban J connectivity index is 1.67. The summed E-state index contributed by atoms with van der Waals surface area (Å²) in [5.41, 5.74) is 4.53. The standard InChI is InChI=1S/C23H23BrClNO2/c1-16-7-3-4-9-18(16)15-28-23-12-20(24)19(11-22(23)27-2)14-26-13-17-8-5-6-10-21(17)25/h3-12,26H,13-15H2,1-2H3. The number of methoxy groups -OCH3 is 1. The molecule has 0 spiro atoms. The summed E-state index contributed by atoms with van der Waals surface area (Å²) < 4.78 is 12.5. The zero-order chi connectivity index (χ0) is 19.9. The van der Waals surface area contributed by atoms with Crippen molar-refractivity contribution in [3.8, 4) is 11.5 Å². The molecule has 0 aliphatic heterocycles. The molecule has 1 N–H and O–H groups in total. The van der Waals surface area contributed by atoms with E-state index in [1.54, 1.807) is 7.11 Å². The fraction of sp³-hybridized carbons (Fsp3) is 0.217. The Bertz CT molecular complexity index is 946. The zero-order valence-corrected chi connectivity index (χ0v) is 18.3. The van der Waals surface area contributed by atoms with E-state index in [4.69, 9.17) is 21.1 Å². The zero-order valence-electron chi connectivity index (χ0n) is 16.0. The Morgan fingerprint density at radius 1 is 0.893 bits per heavy atom. The van der Waals surface area contributed by atoms with Crippen LogP contribution in [0.5, 0.6) is 11.5 Å². The maximum absolute atomic E-state index is 6.22. The van der Waals surface area contributed by atoms with Crippen LogP contribution in [-0.4, -0.2) is 7.11 Å². The number of rotatable bonds is 8. The molecular weight excluding hydrogens is 438 g/mol. The van der Waals surface area contributed by atoms with Crippen LogP contribution < -0.4 is 14.8 Å². The molecule has 28 heavy (non-hydrogen) atoms. The van der Waals surface area contributed by atoms with E-state index >= 15 is 0 Å². The van der Waals surface area contributed by atoms with Crippen molar-refractivity contribution in [2.75, 3.05) is 7.11 Å². The first-order valence-corrected chi connectivity index (χ1v) is 10.2. The van der Waals surface area contributed by atoms with Crippen LogP contribution in [-0.2, 0) is 19.7 Å². The van der Waals surface area contributed by atoms with E-state index in [0.29, 0.717) is 31.2 Å². The van der Waals surface area contributed by atoms with Gasteiger partial charge in [-0.3, -0.25) is 0 Å². The second-order valence-corrected chi connectivity index (χ2v) is 7.77. The van der Waals surface area contributed by atoms with Gasteiger partial charge in [-0.25, -0.2) is 0 Å². The highest BCUT2D eigenvalue weighted by Crippen LogP contribution is 2.34. The van der Waals surface area contributed by atoms with Gasteiger partial charge in [0, 0.05) is 22.6 Å². The van der Waals surface area contributed by atoms with Crippen LogP contribution >= 0.6 is 27.5 Å². The second kappa shape index (κ2) is 9.97. The summed E-state index contributed by atoms with van der Waals surface area (Å²) in [5, 5.41) is 4.19. The minimum absolute atomic E-state index is 0.500. The van der Waals surface area contributed by atoms with Crippen molar-refractivity contribution in [1.82, 2.24) is 5.32 Å². The van der Waals surface area contributed by atoms with Crippen molar-refractivity contribution in [2.24, 2.45) is 0 Å². The van der Waals surface area contributed by atoms with E-state index in [-0.39, 0.29) is 0 Å². The minimum Gasteiger partial charge on any atom is -0.493 e. The molecule has 146 valence electrons. The number of halogens is 2. The Labute approximate surface area is 179 Å². The van der Waals surface area contributed by atoms with Crippen LogP contribution in [0.25, 0.3) is 0 Å². The lowest BCUT2D eigenvalue weighted by Gasteiger charge is -2.15. The normalized spacial score (nSPS) is 10.7. The van der Waals surface area contributed by atoms with Gasteiger partial charge in [-0.05, 0) is 47.4 Å². The molecule has 0 amide bonds. The van der Waals surface area contributed by atoms with Gasteiger partial charge in [-0.1, -0.05) is 70.0 Å². The number of hydrogen-bond donors (Lipinski definition) is 1. The molecular formula is C23H23BrClNO2. The molecule has 3 nitrogen and oxygen atoms in total. The van der Waals surface area contributed by atoms with Gasteiger partial charge in [0.1, 0.15) is 6.61 Å². The summed E-state index contributed by atoms with van der Waals surface area (Å²) in [7, 11) is 1.66. The summed E-state index contributed by atoms with van der Waals surface area (Å²) in [6.07, 6.45) is 0. The van der Waals surface area contributed by atoms with Crippen LogP contribution in [0.1, 0.15) is 22.3 Å². The largest absolute Gasteiger partial charge is 0.493 e. The Morgan fingerprint density at radius 3 is 2.29 bits per heavy atom. The van der Waals surface area contributed by atoms with Crippen molar-refractivity contribution < 1.29 is 9.47 Å². The molecule has 3 aromatic rings. The molecule has 0 saturated carbocycles. The average molecular weight is 461 g/mol. The van der Waals surface area contributed by atoms with Gasteiger partial charge in [0.25, 0.3) is 0 Å². The monoisotopic (exact) mass is 459 g/mol. The van der Waals surface area contributed by atoms with E-state index in [1.165, 1.54) is 5.56 Å². The predicted molar refractivity (Wildman–Crippen MR) is 118 cm³/mol. The molecule has 0 saturated heterocycles. The quantitative estimate of drug-likeness (QED) is 0.428.